The van der Waals surface area contributed by atoms with Gasteiger partial charge in [0.25, 0.3) is 5.91 Å². The second kappa shape index (κ2) is 8.41. The minimum absolute atomic E-state index is 0.0173. The Kier molecular flexibility index (Phi) is 5.50. The van der Waals surface area contributed by atoms with Crippen LogP contribution in [-0.4, -0.2) is 35.5 Å². The molecule has 4 rings (SSSR count). The Balaban J connectivity index is 1.50. The molecule has 0 radical (unpaired) electrons. The predicted octanol–water partition coefficient (Wildman–Crippen LogP) is 3.08. The van der Waals surface area contributed by atoms with Gasteiger partial charge in [-0.3, -0.25) is 9.48 Å². The van der Waals surface area contributed by atoms with Crippen LogP contribution in [0.3, 0.4) is 0 Å². The minimum Gasteiger partial charge on any atom is -0.361 e. The number of aromatic nitrogens is 5. The number of rotatable bonds is 7. The van der Waals surface area contributed by atoms with Gasteiger partial charge in [-0.15, -0.1) is 0 Å². The molecule has 0 unspecified atom stereocenters. The van der Waals surface area contributed by atoms with Crippen molar-refractivity contribution in [3.63, 3.8) is 0 Å². The molecule has 0 saturated heterocycles. The Hall–Kier alpha value is -4.35. The smallest absolute Gasteiger partial charge is 0.361 e. The fourth-order valence-corrected chi connectivity index (χ4v) is 3.14. The Morgan fingerprint density at radius 1 is 1.22 bits per heavy atom. The van der Waals surface area contributed by atoms with Crippen LogP contribution < -0.4 is 5.32 Å². The van der Waals surface area contributed by atoms with Crippen LogP contribution in [0.2, 0.25) is 0 Å². The highest BCUT2D eigenvalue weighted by molar-refractivity contribution is 6.03. The molecule has 11 nitrogen and oxygen atoms in total. The van der Waals surface area contributed by atoms with Crippen LogP contribution in [0.25, 0.3) is 0 Å². The number of nitrogens with one attached hydrogen (secondary N) is 1. The van der Waals surface area contributed by atoms with E-state index in [0.29, 0.717) is 22.6 Å². The number of hydrogen-bond donors (Lipinski definition) is 1. The first-order valence-corrected chi connectivity index (χ1v) is 9.54. The molecule has 0 bridgehead atoms. The van der Waals surface area contributed by atoms with E-state index in [-0.39, 0.29) is 36.2 Å². The first kappa shape index (κ1) is 20.9. The van der Waals surface area contributed by atoms with Crippen LogP contribution >= 0.6 is 0 Å². The summed E-state index contributed by atoms with van der Waals surface area (Å²) in [5.74, 6) is -0.553. The molecule has 3 aromatic heterocycles. The Bertz CT molecular complexity index is 1310. The number of carbonyl (C=O) groups is 1. The number of nitrogens with zero attached hydrogens (tertiary/aromatic N) is 6. The highest BCUT2D eigenvalue weighted by Crippen LogP contribution is 2.19. The van der Waals surface area contributed by atoms with E-state index in [9.17, 15) is 19.3 Å². The van der Waals surface area contributed by atoms with Crippen molar-refractivity contribution in [3.05, 3.63) is 86.8 Å². The van der Waals surface area contributed by atoms with Crippen molar-refractivity contribution in [3.8, 4) is 0 Å². The van der Waals surface area contributed by atoms with Gasteiger partial charge in [-0.25, -0.2) is 4.39 Å². The SMILES string of the molecule is Cc1onc(C(=O)Nc2ccn(Cc3ccccc3F)n2)c1Cn1nc([N+](=O)[O-])cc1C. The van der Waals surface area contributed by atoms with E-state index in [1.807, 2.05) is 0 Å². The molecular formula is C20H18FN7O4. The highest BCUT2D eigenvalue weighted by atomic mass is 19.1. The van der Waals surface area contributed by atoms with Gasteiger partial charge in [0.05, 0.1) is 35.5 Å². The molecular weight excluding hydrogens is 421 g/mol. The summed E-state index contributed by atoms with van der Waals surface area (Å²) in [6.07, 6.45) is 1.61. The van der Waals surface area contributed by atoms with Gasteiger partial charge in [0.1, 0.15) is 11.6 Å². The van der Waals surface area contributed by atoms with E-state index in [1.165, 1.54) is 21.5 Å². The quantitative estimate of drug-likeness (QED) is 0.345. The van der Waals surface area contributed by atoms with Crippen molar-refractivity contribution in [1.82, 2.24) is 24.7 Å². The number of halogens is 1. The Morgan fingerprint density at radius 2 is 2.00 bits per heavy atom. The number of benzene rings is 1. The fraction of sp³-hybridized carbons (Fsp3) is 0.200. The van der Waals surface area contributed by atoms with Gasteiger partial charge in [-0.05, 0) is 24.8 Å². The lowest BCUT2D eigenvalue weighted by atomic mass is 10.2. The van der Waals surface area contributed by atoms with Gasteiger partial charge < -0.3 is 20.0 Å². The monoisotopic (exact) mass is 439 g/mol. The van der Waals surface area contributed by atoms with E-state index < -0.39 is 10.8 Å². The van der Waals surface area contributed by atoms with Gasteiger partial charge >= 0.3 is 5.82 Å². The number of aryl methyl sites for hydroxylation is 2. The second-order valence-corrected chi connectivity index (χ2v) is 7.07. The number of hydrogen-bond acceptors (Lipinski definition) is 7. The van der Waals surface area contributed by atoms with Crippen LogP contribution in [-0.2, 0) is 13.1 Å². The van der Waals surface area contributed by atoms with Crippen molar-refractivity contribution in [2.45, 2.75) is 26.9 Å². The molecule has 3 heterocycles. The summed E-state index contributed by atoms with van der Waals surface area (Å²) in [6, 6.07) is 9.27. The van der Waals surface area contributed by atoms with Crippen molar-refractivity contribution in [1.29, 1.82) is 0 Å². The number of amides is 1. The maximum Gasteiger partial charge on any atom is 0.390 e. The summed E-state index contributed by atoms with van der Waals surface area (Å²) >= 11 is 0. The summed E-state index contributed by atoms with van der Waals surface area (Å²) in [6.45, 7) is 3.58. The molecule has 0 spiro atoms. The third kappa shape index (κ3) is 4.24. The van der Waals surface area contributed by atoms with E-state index in [0.717, 1.165) is 0 Å². The fourth-order valence-electron chi connectivity index (χ4n) is 3.14. The zero-order valence-electron chi connectivity index (χ0n) is 17.1. The highest BCUT2D eigenvalue weighted by Gasteiger charge is 2.24. The first-order valence-electron chi connectivity index (χ1n) is 9.54. The second-order valence-electron chi connectivity index (χ2n) is 7.07. The lowest BCUT2D eigenvalue weighted by Gasteiger charge is -2.04. The number of nitro groups is 1. The van der Waals surface area contributed by atoms with Crippen LogP contribution in [0, 0.1) is 29.8 Å². The van der Waals surface area contributed by atoms with Crippen LogP contribution in [0.15, 0.2) is 47.1 Å². The molecule has 0 atom stereocenters. The first-order chi connectivity index (χ1) is 15.3. The van der Waals surface area contributed by atoms with Crippen molar-refractivity contribution < 1.29 is 18.6 Å². The van der Waals surface area contributed by atoms with Crippen molar-refractivity contribution in [2.24, 2.45) is 0 Å². The normalized spacial score (nSPS) is 11.0. The molecule has 0 saturated carbocycles. The predicted molar refractivity (Wildman–Crippen MR) is 110 cm³/mol. The summed E-state index contributed by atoms with van der Waals surface area (Å²) in [5.41, 5.74) is 1.47. The maximum atomic E-state index is 13.8. The lowest BCUT2D eigenvalue weighted by molar-refractivity contribution is -0.389. The molecule has 1 aromatic carbocycles. The third-order valence-electron chi connectivity index (χ3n) is 4.84. The minimum atomic E-state index is -0.588. The summed E-state index contributed by atoms with van der Waals surface area (Å²) in [5, 5.41) is 25.6. The third-order valence-corrected chi connectivity index (χ3v) is 4.84. The van der Waals surface area contributed by atoms with Crippen molar-refractivity contribution in [2.75, 3.05) is 5.32 Å². The largest absolute Gasteiger partial charge is 0.390 e. The van der Waals surface area contributed by atoms with E-state index >= 15 is 0 Å². The summed E-state index contributed by atoms with van der Waals surface area (Å²) in [4.78, 5) is 23.1. The Labute approximate surface area is 180 Å². The maximum absolute atomic E-state index is 13.8. The van der Waals surface area contributed by atoms with Gasteiger partial charge in [0, 0.05) is 17.8 Å². The van der Waals surface area contributed by atoms with E-state index in [4.69, 9.17) is 4.52 Å². The average Bonchev–Trinajstić information content (AvgIpc) is 3.44. The standard InChI is InChI=1S/C20H18FN7O4/c1-12-9-18(28(30)31)24-27(12)11-15-13(2)32-25-19(15)20(29)22-17-7-8-26(23-17)10-14-5-3-4-6-16(14)21/h3-9H,10-11H2,1-2H3,(H,22,23,29). The number of carbonyl (C=O) groups excluding carboxylic acids is 1. The molecule has 32 heavy (non-hydrogen) atoms. The van der Waals surface area contributed by atoms with E-state index in [2.05, 4.69) is 20.7 Å². The zero-order chi connectivity index (χ0) is 22.8. The summed E-state index contributed by atoms with van der Waals surface area (Å²) in [7, 11) is 0. The van der Waals surface area contributed by atoms with E-state index in [1.54, 1.807) is 44.3 Å². The van der Waals surface area contributed by atoms with Gasteiger partial charge in [0.15, 0.2) is 11.5 Å². The lowest BCUT2D eigenvalue weighted by Crippen LogP contribution is -2.17. The Morgan fingerprint density at radius 3 is 2.72 bits per heavy atom. The topological polar surface area (TPSA) is 134 Å². The van der Waals surface area contributed by atoms with Crippen LogP contribution in [0.5, 0.6) is 0 Å². The molecule has 1 N–H and O–H groups in total. The molecule has 4 aromatic rings. The van der Waals surface area contributed by atoms with Gasteiger partial charge in [-0.1, -0.05) is 23.4 Å². The molecule has 0 aliphatic carbocycles. The molecule has 12 heteroatoms. The summed E-state index contributed by atoms with van der Waals surface area (Å²) < 4.78 is 21.9. The number of anilines is 1. The molecule has 0 fully saturated rings. The van der Waals surface area contributed by atoms with Gasteiger partial charge in [-0.2, -0.15) is 9.78 Å². The van der Waals surface area contributed by atoms with Gasteiger partial charge in [0.2, 0.25) is 0 Å². The molecule has 0 aliphatic rings. The molecule has 1 amide bonds. The molecule has 0 aliphatic heterocycles. The zero-order valence-corrected chi connectivity index (χ0v) is 17.1. The molecule has 164 valence electrons. The van der Waals surface area contributed by atoms with Crippen LogP contribution in [0.4, 0.5) is 16.0 Å². The van der Waals surface area contributed by atoms with Crippen LogP contribution in [0.1, 0.15) is 33.1 Å². The van der Waals surface area contributed by atoms with Crippen molar-refractivity contribution >= 4 is 17.5 Å². The average molecular weight is 439 g/mol.